The molecule has 0 atom stereocenters. The van der Waals surface area contributed by atoms with E-state index in [0.717, 1.165) is 29.1 Å². The van der Waals surface area contributed by atoms with Crippen LogP contribution in [0.2, 0.25) is 0 Å². The smallest absolute Gasteiger partial charge is 0.255 e. The van der Waals surface area contributed by atoms with E-state index in [9.17, 15) is 4.79 Å². The zero-order valence-electron chi connectivity index (χ0n) is 12.1. The van der Waals surface area contributed by atoms with Crippen LogP contribution in [-0.4, -0.2) is 18.2 Å². The number of rotatable bonds is 5. The normalized spacial score (nSPS) is 10.6. The van der Waals surface area contributed by atoms with Crippen molar-refractivity contribution >= 4 is 0 Å². The first kappa shape index (κ1) is 14.3. The Balaban J connectivity index is 2.37. The zero-order valence-corrected chi connectivity index (χ0v) is 12.1. The molecule has 0 aliphatic heterocycles. The van der Waals surface area contributed by atoms with E-state index in [1.165, 1.54) is 0 Å². The van der Waals surface area contributed by atoms with Crippen LogP contribution in [0.25, 0.3) is 11.3 Å². The van der Waals surface area contributed by atoms with Gasteiger partial charge in [0.25, 0.3) is 5.56 Å². The first-order valence-electron chi connectivity index (χ1n) is 6.71. The lowest BCUT2D eigenvalue weighted by Crippen LogP contribution is -2.26. The van der Waals surface area contributed by atoms with Gasteiger partial charge in [-0.15, -0.1) is 0 Å². The summed E-state index contributed by atoms with van der Waals surface area (Å²) in [7, 11) is 3.44. The molecule has 1 aromatic carbocycles. The number of nitrogens with one attached hydrogen (secondary N) is 1. The fraction of sp³-hybridized carbons (Fsp3) is 0.312. The Labute approximate surface area is 119 Å². The molecule has 4 nitrogen and oxygen atoms in total. The van der Waals surface area contributed by atoms with Crippen molar-refractivity contribution in [3.05, 3.63) is 52.3 Å². The van der Waals surface area contributed by atoms with Crippen molar-refractivity contribution in [2.45, 2.75) is 13.5 Å². The molecule has 20 heavy (non-hydrogen) atoms. The van der Waals surface area contributed by atoms with E-state index in [4.69, 9.17) is 4.74 Å². The maximum Gasteiger partial charge on any atom is 0.255 e. The van der Waals surface area contributed by atoms with E-state index in [1.54, 1.807) is 18.7 Å². The maximum atomic E-state index is 12.3. The fourth-order valence-electron chi connectivity index (χ4n) is 2.13. The third kappa shape index (κ3) is 2.91. The van der Waals surface area contributed by atoms with Crippen LogP contribution in [0.5, 0.6) is 5.75 Å². The fourth-order valence-corrected chi connectivity index (χ4v) is 2.13. The summed E-state index contributed by atoms with van der Waals surface area (Å²) >= 11 is 0. The van der Waals surface area contributed by atoms with Gasteiger partial charge in [0.2, 0.25) is 0 Å². The van der Waals surface area contributed by atoms with E-state index >= 15 is 0 Å². The molecule has 0 spiro atoms. The predicted octanol–water partition coefficient (Wildman–Crippen LogP) is 2.17. The highest BCUT2D eigenvalue weighted by Gasteiger charge is 2.07. The topological polar surface area (TPSA) is 43.3 Å². The van der Waals surface area contributed by atoms with E-state index in [1.807, 2.05) is 43.3 Å². The van der Waals surface area contributed by atoms with Crippen LogP contribution < -0.4 is 15.6 Å². The Kier molecular flexibility index (Phi) is 4.58. The summed E-state index contributed by atoms with van der Waals surface area (Å²) in [5, 5.41) is 3.18. The van der Waals surface area contributed by atoms with Crippen LogP contribution in [0.1, 0.15) is 12.5 Å². The van der Waals surface area contributed by atoms with Gasteiger partial charge in [0.1, 0.15) is 5.75 Å². The molecule has 0 aliphatic rings. The highest BCUT2D eigenvalue weighted by Crippen LogP contribution is 2.21. The van der Waals surface area contributed by atoms with Crippen molar-refractivity contribution < 1.29 is 4.74 Å². The number of benzene rings is 1. The molecule has 4 heteroatoms. The van der Waals surface area contributed by atoms with Crippen molar-refractivity contribution in [2.24, 2.45) is 7.05 Å². The largest absolute Gasteiger partial charge is 0.497 e. The number of ether oxygens (including phenoxy) is 1. The second kappa shape index (κ2) is 6.39. The molecule has 0 saturated heterocycles. The summed E-state index contributed by atoms with van der Waals surface area (Å²) in [5.41, 5.74) is 2.73. The highest BCUT2D eigenvalue weighted by atomic mass is 16.5. The van der Waals surface area contributed by atoms with Gasteiger partial charge in [0, 0.05) is 19.2 Å². The molecule has 0 unspecified atom stereocenters. The van der Waals surface area contributed by atoms with Gasteiger partial charge in [-0.1, -0.05) is 13.0 Å². The average molecular weight is 272 g/mol. The molecule has 1 heterocycles. The van der Waals surface area contributed by atoms with Gasteiger partial charge in [-0.3, -0.25) is 4.79 Å². The van der Waals surface area contributed by atoms with Gasteiger partial charge in [-0.05, 0) is 42.4 Å². The summed E-state index contributed by atoms with van der Waals surface area (Å²) in [4.78, 5) is 12.3. The van der Waals surface area contributed by atoms with Crippen LogP contribution in [0.15, 0.2) is 41.2 Å². The molecule has 1 aromatic heterocycles. The molecule has 106 valence electrons. The molecule has 0 amide bonds. The minimum Gasteiger partial charge on any atom is -0.497 e. The monoisotopic (exact) mass is 272 g/mol. The molecule has 0 fully saturated rings. The summed E-state index contributed by atoms with van der Waals surface area (Å²) in [5.74, 6) is 0.808. The standard InChI is InChI=1S/C16H20N2O2/c1-4-17-11-13-7-10-15(18(2)16(13)19)12-5-8-14(20-3)9-6-12/h5-10,17H,4,11H2,1-3H3. The van der Waals surface area contributed by atoms with Crippen LogP contribution >= 0.6 is 0 Å². The maximum absolute atomic E-state index is 12.3. The SMILES string of the molecule is CCNCc1ccc(-c2ccc(OC)cc2)n(C)c1=O. The minimum atomic E-state index is 0.0410. The van der Waals surface area contributed by atoms with Gasteiger partial charge in [0.05, 0.1) is 12.8 Å². The first-order valence-corrected chi connectivity index (χ1v) is 6.71. The van der Waals surface area contributed by atoms with Crippen molar-refractivity contribution in [3.63, 3.8) is 0 Å². The number of nitrogens with zero attached hydrogens (tertiary/aromatic N) is 1. The summed E-state index contributed by atoms with van der Waals surface area (Å²) in [6.45, 7) is 3.48. The Bertz CT molecular complexity index is 630. The molecule has 2 rings (SSSR count). The van der Waals surface area contributed by atoms with Crippen molar-refractivity contribution in [1.29, 1.82) is 0 Å². The molecular weight excluding hydrogens is 252 g/mol. The van der Waals surface area contributed by atoms with Crippen LogP contribution in [0.3, 0.4) is 0 Å². The van der Waals surface area contributed by atoms with Gasteiger partial charge >= 0.3 is 0 Å². The van der Waals surface area contributed by atoms with Crippen LogP contribution in [0, 0.1) is 0 Å². The summed E-state index contributed by atoms with van der Waals surface area (Å²) in [6.07, 6.45) is 0. The number of pyridine rings is 1. The Hall–Kier alpha value is -2.07. The minimum absolute atomic E-state index is 0.0410. The molecule has 0 bridgehead atoms. The van der Waals surface area contributed by atoms with Gasteiger partial charge in [0.15, 0.2) is 0 Å². The average Bonchev–Trinajstić information content (AvgIpc) is 2.49. The lowest BCUT2D eigenvalue weighted by Gasteiger charge is -2.11. The molecule has 2 aromatic rings. The Morgan fingerprint density at radius 2 is 1.85 bits per heavy atom. The van der Waals surface area contributed by atoms with E-state index in [0.29, 0.717) is 6.54 Å². The third-order valence-electron chi connectivity index (χ3n) is 3.33. The van der Waals surface area contributed by atoms with Crippen LogP contribution in [-0.2, 0) is 13.6 Å². The Morgan fingerprint density at radius 3 is 2.45 bits per heavy atom. The summed E-state index contributed by atoms with van der Waals surface area (Å²) in [6, 6.07) is 11.6. The van der Waals surface area contributed by atoms with E-state index in [-0.39, 0.29) is 5.56 Å². The molecule has 0 saturated carbocycles. The van der Waals surface area contributed by atoms with Crippen LogP contribution in [0.4, 0.5) is 0 Å². The second-order valence-electron chi connectivity index (χ2n) is 4.62. The summed E-state index contributed by atoms with van der Waals surface area (Å²) < 4.78 is 6.83. The van der Waals surface area contributed by atoms with Crippen molar-refractivity contribution in [2.75, 3.05) is 13.7 Å². The lowest BCUT2D eigenvalue weighted by atomic mass is 10.1. The van der Waals surface area contributed by atoms with Gasteiger partial charge in [-0.2, -0.15) is 0 Å². The number of hydrogen-bond donors (Lipinski definition) is 1. The van der Waals surface area contributed by atoms with Gasteiger partial charge < -0.3 is 14.6 Å². The highest BCUT2D eigenvalue weighted by molar-refractivity contribution is 5.60. The van der Waals surface area contributed by atoms with E-state index < -0.39 is 0 Å². The molecule has 1 N–H and O–H groups in total. The lowest BCUT2D eigenvalue weighted by molar-refractivity contribution is 0.415. The van der Waals surface area contributed by atoms with Crippen molar-refractivity contribution in [3.8, 4) is 17.0 Å². The Morgan fingerprint density at radius 1 is 1.15 bits per heavy atom. The number of aromatic nitrogens is 1. The molecule has 0 radical (unpaired) electrons. The molecular formula is C16H20N2O2. The number of hydrogen-bond acceptors (Lipinski definition) is 3. The van der Waals surface area contributed by atoms with Crippen molar-refractivity contribution in [1.82, 2.24) is 9.88 Å². The number of methoxy groups -OCH3 is 1. The van der Waals surface area contributed by atoms with Gasteiger partial charge in [-0.25, -0.2) is 0 Å². The quantitative estimate of drug-likeness (QED) is 0.907. The first-order chi connectivity index (χ1) is 9.67. The zero-order chi connectivity index (χ0) is 14.5. The van der Waals surface area contributed by atoms with E-state index in [2.05, 4.69) is 5.32 Å². The predicted molar refractivity (Wildman–Crippen MR) is 81.1 cm³/mol. The second-order valence-corrected chi connectivity index (χ2v) is 4.62. The third-order valence-corrected chi connectivity index (χ3v) is 3.33. The molecule has 0 aliphatic carbocycles.